The Morgan fingerprint density at radius 1 is 0.397 bits per heavy atom. The van der Waals surface area contributed by atoms with Crippen LogP contribution in [0.5, 0.6) is 0 Å². The van der Waals surface area contributed by atoms with Crippen molar-refractivity contribution in [3.63, 3.8) is 0 Å². The van der Waals surface area contributed by atoms with E-state index in [-0.39, 0.29) is 38.6 Å². The first-order chi connectivity index (χ1) is 38.1. The third-order valence-electron chi connectivity index (χ3n) is 12.3. The van der Waals surface area contributed by atoms with Crippen molar-refractivity contribution >= 4 is 17.9 Å². The molecule has 0 aliphatic carbocycles. The normalized spacial score (nSPS) is 13.8. The van der Waals surface area contributed by atoms with Gasteiger partial charge < -0.3 is 28.5 Å². The Morgan fingerprint density at radius 3 is 1.09 bits per heavy atom. The Balaban J connectivity index is 4.27. The fourth-order valence-corrected chi connectivity index (χ4v) is 7.66. The van der Waals surface area contributed by atoms with Crippen LogP contribution in [-0.4, -0.2) is 87.4 Å². The molecule has 0 aliphatic heterocycles. The summed E-state index contributed by atoms with van der Waals surface area (Å²) in [5.74, 6) is -2.06. The first-order valence-corrected chi connectivity index (χ1v) is 30.5. The SMILES string of the molecule is CC/C=C\C/C=C\C/C=C\C/C=C\C/C=C\C/C=C\C/C=C\C/C=C\C/C=C\C/C=C\CCCCCCCCC(=O)OC(COC(=O)CCCCCCC/C=C\C/C=C\CCCCCC)COC(OCC[N+](C)(C)C)C(=O)O. The lowest BCUT2D eigenvalue weighted by Gasteiger charge is -2.25. The quantitative estimate of drug-likeness (QED) is 0.0211. The minimum absolute atomic E-state index is 0.174. The van der Waals surface area contributed by atoms with Gasteiger partial charge in [-0.05, 0) is 122 Å². The summed E-state index contributed by atoms with van der Waals surface area (Å²) < 4.78 is 22.8. The highest BCUT2D eigenvalue weighted by atomic mass is 16.7. The zero-order valence-electron chi connectivity index (χ0n) is 50.0. The number of quaternary nitrogens is 1. The molecule has 0 heterocycles. The van der Waals surface area contributed by atoms with E-state index in [9.17, 15) is 19.5 Å². The van der Waals surface area contributed by atoms with E-state index in [2.05, 4.69) is 160 Å². The molecule has 0 aromatic carbocycles. The summed E-state index contributed by atoms with van der Waals surface area (Å²) in [7, 11) is 5.95. The van der Waals surface area contributed by atoms with Crippen LogP contribution < -0.4 is 0 Å². The van der Waals surface area contributed by atoms with E-state index in [0.717, 1.165) is 148 Å². The minimum atomic E-state index is -1.53. The van der Waals surface area contributed by atoms with Gasteiger partial charge in [0.05, 0.1) is 34.4 Å². The van der Waals surface area contributed by atoms with Crippen LogP contribution in [0.25, 0.3) is 0 Å². The van der Waals surface area contributed by atoms with Crippen molar-refractivity contribution in [3.05, 3.63) is 146 Å². The van der Waals surface area contributed by atoms with Crippen molar-refractivity contribution in [1.29, 1.82) is 0 Å². The van der Waals surface area contributed by atoms with Crippen LogP contribution in [-0.2, 0) is 33.3 Å². The third-order valence-corrected chi connectivity index (χ3v) is 12.3. The average molecular weight is 1080 g/mol. The number of carboxylic acids is 1. The summed E-state index contributed by atoms with van der Waals surface area (Å²) in [5.41, 5.74) is 0. The predicted octanol–water partition coefficient (Wildman–Crippen LogP) is 18.4. The van der Waals surface area contributed by atoms with E-state index in [4.69, 9.17) is 18.9 Å². The lowest BCUT2D eigenvalue weighted by atomic mass is 10.1. The van der Waals surface area contributed by atoms with Gasteiger partial charge in [0.2, 0.25) is 0 Å². The Hall–Kier alpha value is -4.83. The first-order valence-electron chi connectivity index (χ1n) is 30.5. The number of allylic oxidation sites excluding steroid dienone is 24. The number of carbonyl (C=O) groups excluding carboxylic acids is 2. The topological polar surface area (TPSA) is 108 Å². The van der Waals surface area contributed by atoms with Crippen molar-refractivity contribution in [2.75, 3.05) is 47.5 Å². The number of aliphatic carboxylic acids is 1. The van der Waals surface area contributed by atoms with Crippen molar-refractivity contribution in [2.24, 2.45) is 0 Å². The van der Waals surface area contributed by atoms with Crippen molar-refractivity contribution in [3.8, 4) is 0 Å². The monoisotopic (exact) mass is 1080 g/mol. The predicted molar refractivity (Wildman–Crippen MR) is 331 cm³/mol. The lowest BCUT2D eigenvalue weighted by molar-refractivity contribution is -0.870. The zero-order valence-corrected chi connectivity index (χ0v) is 50.0. The van der Waals surface area contributed by atoms with Gasteiger partial charge in [-0.15, -0.1) is 0 Å². The van der Waals surface area contributed by atoms with E-state index in [1.807, 2.05) is 21.1 Å². The second-order valence-corrected chi connectivity index (χ2v) is 20.9. The van der Waals surface area contributed by atoms with Crippen molar-refractivity contribution in [1.82, 2.24) is 0 Å². The molecule has 0 aliphatic rings. The minimum Gasteiger partial charge on any atom is -0.477 e. The Morgan fingerprint density at radius 2 is 0.731 bits per heavy atom. The fourth-order valence-electron chi connectivity index (χ4n) is 7.66. The summed E-state index contributed by atoms with van der Waals surface area (Å²) in [4.78, 5) is 37.4. The van der Waals surface area contributed by atoms with E-state index >= 15 is 0 Å². The van der Waals surface area contributed by atoms with Gasteiger partial charge in [-0.2, -0.15) is 0 Å². The molecular formula is C69H112NO8+. The molecule has 0 fully saturated rings. The highest BCUT2D eigenvalue weighted by Gasteiger charge is 2.25. The number of carboxylic acid groups (broad SMARTS) is 1. The molecule has 78 heavy (non-hydrogen) atoms. The summed E-state index contributed by atoms with van der Waals surface area (Å²) in [6, 6.07) is 0. The van der Waals surface area contributed by atoms with E-state index in [1.165, 1.54) is 32.1 Å². The number of carbonyl (C=O) groups is 3. The van der Waals surface area contributed by atoms with Gasteiger partial charge >= 0.3 is 17.9 Å². The van der Waals surface area contributed by atoms with E-state index in [0.29, 0.717) is 17.4 Å². The molecule has 2 atom stereocenters. The molecule has 1 N–H and O–H groups in total. The zero-order chi connectivity index (χ0) is 56.9. The fraction of sp³-hybridized carbons (Fsp3) is 0.609. The molecular weight excluding hydrogens is 971 g/mol. The second kappa shape index (κ2) is 58.3. The van der Waals surface area contributed by atoms with Crippen LogP contribution in [0.2, 0.25) is 0 Å². The van der Waals surface area contributed by atoms with Gasteiger partial charge in [0, 0.05) is 12.8 Å². The second-order valence-electron chi connectivity index (χ2n) is 20.9. The molecule has 0 aromatic rings. The Kier molecular flexibility index (Phi) is 54.7. The average Bonchev–Trinajstić information content (AvgIpc) is 3.41. The molecule has 9 nitrogen and oxygen atoms in total. The maximum absolute atomic E-state index is 12.9. The molecule has 0 saturated carbocycles. The molecule has 440 valence electrons. The molecule has 0 bridgehead atoms. The van der Waals surface area contributed by atoms with Crippen LogP contribution in [0.1, 0.15) is 213 Å². The molecule has 0 aromatic heterocycles. The number of nitrogens with zero attached hydrogens (tertiary/aromatic N) is 1. The molecule has 0 rings (SSSR count). The van der Waals surface area contributed by atoms with Crippen molar-refractivity contribution in [2.45, 2.75) is 225 Å². The molecule has 0 saturated heterocycles. The molecule has 0 amide bonds. The van der Waals surface area contributed by atoms with Crippen LogP contribution in [0, 0.1) is 0 Å². The van der Waals surface area contributed by atoms with Crippen LogP contribution in [0.15, 0.2) is 146 Å². The number of hydrogen-bond donors (Lipinski definition) is 1. The number of rotatable bonds is 54. The molecule has 2 unspecified atom stereocenters. The van der Waals surface area contributed by atoms with Crippen LogP contribution in [0.4, 0.5) is 0 Å². The number of ether oxygens (including phenoxy) is 4. The van der Waals surface area contributed by atoms with E-state index < -0.39 is 24.3 Å². The van der Waals surface area contributed by atoms with Gasteiger partial charge in [-0.25, -0.2) is 4.79 Å². The van der Waals surface area contributed by atoms with Gasteiger partial charge in [0.1, 0.15) is 13.2 Å². The Bertz CT molecular complexity index is 1780. The molecule has 9 heteroatoms. The summed E-state index contributed by atoms with van der Waals surface area (Å²) in [5, 5.41) is 9.70. The Labute approximate surface area is 477 Å². The standard InChI is InChI=1S/C69H111NO8/c1-6-8-10-12-14-16-18-20-22-24-25-26-27-28-29-30-31-32-33-34-35-36-37-38-39-40-41-42-43-44-46-48-50-52-54-56-58-60-67(72)78-65(64-77-69(68(73)74)75-62-61-70(3,4)5)63-76-66(71)59-57-55-53-51-49-47-45-23-21-19-17-15-13-11-9-7-2/h8,10,14,16-17,19-20,22-23,25-26,28-29,31-32,34-35,37-38,40-41,43-45,65,69H,6-7,9,11-13,15,18,21,24,27,30,33,36,39,42,46-64H2,1-5H3/p+1/b10-8-,16-14-,19-17-,22-20-,26-25-,29-28-,32-31-,35-34-,38-37-,41-40-,44-43-,45-23-. The maximum atomic E-state index is 12.9. The van der Waals surface area contributed by atoms with Gasteiger partial charge in [0.15, 0.2) is 6.10 Å². The number of likely N-dealkylation sites (N-methyl/N-ethyl adjacent to an activating group) is 1. The largest absolute Gasteiger partial charge is 0.477 e. The van der Waals surface area contributed by atoms with Gasteiger partial charge in [0.25, 0.3) is 6.29 Å². The highest BCUT2D eigenvalue weighted by Crippen LogP contribution is 2.13. The van der Waals surface area contributed by atoms with Crippen LogP contribution >= 0.6 is 0 Å². The third kappa shape index (κ3) is 58.8. The van der Waals surface area contributed by atoms with Crippen LogP contribution in [0.3, 0.4) is 0 Å². The number of esters is 2. The number of unbranched alkanes of at least 4 members (excludes halogenated alkanes) is 15. The summed E-state index contributed by atoms with van der Waals surface area (Å²) in [6.07, 6.45) is 82.2. The first kappa shape index (κ1) is 73.2. The molecule has 0 radical (unpaired) electrons. The van der Waals surface area contributed by atoms with E-state index in [1.54, 1.807) is 0 Å². The van der Waals surface area contributed by atoms with Crippen molar-refractivity contribution < 1.29 is 42.9 Å². The lowest BCUT2D eigenvalue weighted by Crippen LogP contribution is -2.40. The van der Waals surface area contributed by atoms with Gasteiger partial charge in [-0.1, -0.05) is 224 Å². The highest BCUT2D eigenvalue weighted by molar-refractivity contribution is 5.71. The van der Waals surface area contributed by atoms with Gasteiger partial charge in [-0.3, -0.25) is 9.59 Å². The maximum Gasteiger partial charge on any atom is 0.361 e. The summed E-state index contributed by atoms with van der Waals surface area (Å²) in [6.45, 7) is 4.69. The number of hydrogen-bond acceptors (Lipinski definition) is 7. The molecule has 0 spiro atoms. The summed E-state index contributed by atoms with van der Waals surface area (Å²) >= 11 is 0. The smallest absolute Gasteiger partial charge is 0.361 e.